The third-order valence-electron chi connectivity index (χ3n) is 5.66. The zero-order valence-electron chi connectivity index (χ0n) is 19.4. The monoisotopic (exact) mass is 483 g/mol. The van der Waals surface area contributed by atoms with E-state index < -0.39 is 16.0 Å². The van der Waals surface area contributed by atoms with E-state index in [4.69, 9.17) is 9.47 Å². The fourth-order valence-corrected chi connectivity index (χ4v) is 4.26. The predicted octanol–water partition coefficient (Wildman–Crippen LogP) is 5.33. The molecule has 0 aliphatic heterocycles. The minimum Gasteiger partial charge on any atom is -0.490 e. The van der Waals surface area contributed by atoms with E-state index in [9.17, 15) is 18.3 Å². The molecule has 3 aromatic carbocycles. The highest BCUT2D eigenvalue weighted by Crippen LogP contribution is 2.28. The molecule has 0 saturated carbocycles. The van der Waals surface area contributed by atoms with E-state index in [0.717, 1.165) is 12.0 Å². The summed E-state index contributed by atoms with van der Waals surface area (Å²) in [4.78, 5) is 11.4. The highest BCUT2D eigenvalue weighted by molar-refractivity contribution is 7.92. The Hall–Kier alpha value is -3.52. The summed E-state index contributed by atoms with van der Waals surface area (Å²) in [5.41, 5.74) is 1.57. The zero-order chi connectivity index (χ0) is 24.8. The van der Waals surface area contributed by atoms with Gasteiger partial charge in [0, 0.05) is 5.69 Å². The topological polar surface area (TPSA) is 102 Å². The van der Waals surface area contributed by atoms with Crippen LogP contribution < -0.4 is 14.2 Å². The highest BCUT2D eigenvalue weighted by atomic mass is 32.2. The van der Waals surface area contributed by atoms with Crippen molar-refractivity contribution in [2.24, 2.45) is 0 Å². The maximum absolute atomic E-state index is 12.7. The van der Waals surface area contributed by atoms with Crippen LogP contribution >= 0.6 is 0 Å². The highest BCUT2D eigenvalue weighted by Gasteiger charge is 2.20. The molecule has 0 fully saturated rings. The fraction of sp³-hybridized carbons (Fsp3) is 0.269. The molecule has 0 aromatic heterocycles. The first-order valence-electron chi connectivity index (χ1n) is 10.9. The minimum atomic E-state index is -3.72. The molecule has 0 unspecified atom stereocenters. The quantitative estimate of drug-likeness (QED) is 0.357. The molecular formula is C26H29NO6S. The van der Waals surface area contributed by atoms with Crippen LogP contribution in [0.3, 0.4) is 0 Å². The van der Waals surface area contributed by atoms with Crippen LogP contribution in [0.15, 0.2) is 77.7 Å². The molecule has 0 heterocycles. The average molecular weight is 484 g/mol. The Morgan fingerprint density at radius 1 is 0.912 bits per heavy atom. The number of ether oxygens (including phenoxy) is 2. The molecule has 0 spiro atoms. The van der Waals surface area contributed by atoms with Gasteiger partial charge in [-0.2, -0.15) is 0 Å². The first-order valence-corrected chi connectivity index (χ1v) is 12.4. The lowest BCUT2D eigenvalue weighted by Gasteiger charge is -2.23. The molecule has 34 heavy (non-hydrogen) atoms. The number of para-hydroxylation sites is 1. The number of hydrogen-bond acceptors (Lipinski definition) is 5. The zero-order valence-corrected chi connectivity index (χ0v) is 20.3. The van der Waals surface area contributed by atoms with Crippen molar-refractivity contribution in [2.45, 2.75) is 37.5 Å². The molecule has 0 aliphatic carbocycles. The number of rotatable bonds is 11. The van der Waals surface area contributed by atoms with E-state index in [1.165, 1.54) is 6.07 Å². The van der Waals surface area contributed by atoms with Crippen molar-refractivity contribution >= 4 is 21.7 Å². The Morgan fingerprint density at radius 2 is 1.53 bits per heavy atom. The van der Waals surface area contributed by atoms with Crippen molar-refractivity contribution in [3.63, 3.8) is 0 Å². The van der Waals surface area contributed by atoms with Gasteiger partial charge < -0.3 is 14.6 Å². The number of nitrogens with one attached hydrogen (secondary N) is 1. The van der Waals surface area contributed by atoms with E-state index >= 15 is 0 Å². The lowest BCUT2D eigenvalue weighted by molar-refractivity contribution is 0.0691. The normalized spacial score (nSPS) is 11.6. The van der Waals surface area contributed by atoms with E-state index in [1.54, 1.807) is 54.6 Å². The summed E-state index contributed by atoms with van der Waals surface area (Å²) >= 11 is 0. The smallest absolute Gasteiger partial charge is 0.339 e. The SMILES string of the molecule is CCC(C)(C)c1ccc(S(=O)(=O)Nc2ccc(OCCOc3ccccc3C(=O)O)cc2)cc1. The van der Waals surface area contributed by atoms with Crippen LogP contribution in [0.4, 0.5) is 5.69 Å². The molecule has 0 aliphatic rings. The van der Waals surface area contributed by atoms with Gasteiger partial charge in [-0.3, -0.25) is 4.72 Å². The maximum Gasteiger partial charge on any atom is 0.339 e. The predicted molar refractivity (Wildman–Crippen MR) is 131 cm³/mol. The van der Waals surface area contributed by atoms with Gasteiger partial charge in [0.15, 0.2) is 0 Å². The molecular weight excluding hydrogens is 454 g/mol. The Balaban J connectivity index is 1.55. The number of hydrogen-bond donors (Lipinski definition) is 2. The van der Waals surface area contributed by atoms with Crippen molar-refractivity contribution in [1.29, 1.82) is 0 Å². The third kappa shape index (κ3) is 6.29. The van der Waals surface area contributed by atoms with Crippen molar-refractivity contribution in [2.75, 3.05) is 17.9 Å². The van der Waals surface area contributed by atoms with Crippen LogP contribution in [0.5, 0.6) is 11.5 Å². The van der Waals surface area contributed by atoms with Gasteiger partial charge in [0.1, 0.15) is 30.3 Å². The molecule has 0 bridgehead atoms. The second kappa shape index (κ2) is 10.6. The summed E-state index contributed by atoms with van der Waals surface area (Å²) in [5, 5.41) is 9.17. The van der Waals surface area contributed by atoms with Crippen molar-refractivity contribution < 1.29 is 27.8 Å². The number of aromatic carboxylic acids is 1. The van der Waals surface area contributed by atoms with Gasteiger partial charge in [-0.05, 0) is 65.9 Å². The average Bonchev–Trinajstić information content (AvgIpc) is 2.83. The Labute approximate surface area is 200 Å². The molecule has 3 aromatic rings. The molecule has 8 heteroatoms. The Morgan fingerprint density at radius 3 is 2.15 bits per heavy atom. The van der Waals surface area contributed by atoms with E-state index in [-0.39, 0.29) is 34.8 Å². The number of benzene rings is 3. The van der Waals surface area contributed by atoms with Gasteiger partial charge >= 0.3 is 5.97 Å². The van der Waals surface area contributed by atoms with Crippen LogP contribution in [-0.4, -0.2) is 32.7 Å². The van der Waals surface area contributed by atoms with Gasteiger partial charge in [0.25, 0.3) is 10.0 Å². The first kappa shape index (κ1) is 25.1. The molecule has 180 valence electrons. The lowest BCUT2D eigenvalue weighted by atomic mass is 9.82. The summed E-state index contributed by atoms with van der Waals surface area (Å²) in [7, 11) is -3.72. The van der Waals surface area contributed by atoms with Crippen molar-refractivity contribution in [3.05, 3.63) is 83.9 Å². The lowest BCUT2D eigenvalue weighted by Crippen LogP contribution is -2.17. The number of sulfonamides is 1. The fourth-order valence-electron chi connectivity index (χ4n) is 3.20. The van der Waals surface area contributed by atoms with E-state index in [1.807, 2.05) is 12.1 Å². The van der Waals surface area contributed by atoms with Crippen LogP contribution in [0.1, 0.15) is 43.1 Å². The second-order valence-electron chi connectivity index (χ2n) is 8.39. The van der Waals surface area contributed by atoms with Gasteiger partial charge in [-0.15, -0.1) is 0 Å². The number of anilines is 1. The minimum absolute atomic E-state index is 0.0176. The van der Waals surface area contributed by atoms with E-state index in [0.29, 0.717) is 11.4 Å². The second-order valence-corrected chi connectivity index (χ2v) is 10.1. The molecule has 3 rings (SSSR count). The Kier molecular flexibility index (Phi) is 7.83. The molecule has 7 nitrogen and oxygen atoms in total. The molecule has 2 N–H and O–H groups in total. The molecule has 0 atom stereocenters. The number of carboxylic acid groups (broad SMARTS) is 1. The summed E-state index contributed by atoms with van der Waals surface area (Å²) in [6, 6.07) is 19.9. The summed E-state index contributed by atoms with van der Waals surface area (Å²) in [5.74, 6) is -0.255. The van der Waals surface area contributed by atoms with Crippen LogP contribution in [0.2, 0.25) is 0 Å². The molecule has 0 radical (unpaired) electrons. The first-order chi connectivity index (χ1) is 16.1. The van der Waals surface area contributed by atoms with Gasteiger partial charge in [-0.1, -0.05) is 45.0 Å². The van der Waals surface area contributed by atoms with Crippen LogP contribution in [-0.2, 0) is 15.4 Å². The number of carbonyl (C=O) groups is 1. The van der Waals surface area contributed by atoms with Gasteiger partial charge in [0.2, 0.25) is 0 Å². The number of carboxylic acids is 1. The van der Waals surface area contributed by atoms with Crippen LogP contribution in [0, 0.1) is 0 Å². The molecule has 0 saturated heterocycles. The van der Waals surface area contributed by atoms with Crippen LogP contribution in [0.25, 0.3) is 0 Å². The van der Waals surface area contributed by atoms with Crippen molar-refractivity contribution in [1.82, 2.24) is 0 Å². The largest absolute Gasteiger partial charge is 0.490 e. The Bertz CT molecular complexity index is 1220. The standard InChI is InChI=1S/C26H29NO6S/c1-4-26(2,3)19-9-15-22(16-10-19)34(30,31)27-20-11-13-21(14-12-20)32-17-18-33-24-8-6-5-7-23(24)25(28)29/h5-16,27H,4,17-18H2,1-3H3,(H,28,29). The maximum atomic E-state index is 12.7. The summed E-state index contributed by atoms with van der Waals surface area (Å²) in [6.07, 6.45) is 0.952. The van der Waals surface area contributed by atoms with Crippen molar-refractivity contribution in [3.8, 4) is 11.5 Å². The van der Waals surface area contributed by atoms with E-state index in [2.05, 4.69) is 25.5 Å². The summed E-state index contributed by atoms with van der Waals surface area (Å²) in [6.45, 7) is 6.70. The van der Waals surface area contributed by atoms with Gasteiger partial charge in [-0.25, -0.2) is 13.2 Å². The van der Waals surface area contributed by atoms with Gasteiger partial charge in [0.05, 0.1) is 4.90 Å². The summed E-state index contributed by atoms with van der Waals surface area (Å²) < 4.78 is 39.2. The third-order valence-corrected chi connectivity index (χ3v) is 7.06. The molecule has 0 amide bonds.